The Kier molecular flexibility index (Phi) is 4.47. The summed E-state index contributed by atoms with van der Waals surface area (Å²) in [6.07, 6.45) is 1.85. The number of benzene rings is 1. The number of hydrogen-bond donors (Lipinski definition) is 1. The highest BCUT2D eigenvalue weighted by Gasteiger charge is 2.42. The van der Waals surface area contributed by atoms with Crippen LogP contribution >= 0.6 is 0 Å². The molecule has 0 amide bonds. The Balaban J connectivity index is 2.12. The Morgan fingerprint density at radius 1 is 1.30 bits per heavy atom. The molecule has 0 aromatic heterocycles. The highest BCUT2D eigenvalue weighted by atomic mass is 19.1. The fourth-order valence-electron chi connectivity index (χ4n) is 3.14. The zero-order valence-electron chi connectivity index (χ0n) is 12.7. The molecule has 1 aliphatic heterocycles. The maximum atomic E-state index is 13.0. The van der Waals surface area contributed by atoms with Crippen molar-refractivity contribution >= 4 is 0 Å². The molecule has 1 heterocycles. The topological polar surface area (TPSA) is 38.5 Å². The van der Waals surface area contributed by atoms with Crippen LogP contribution in [-0.2, 0) is 11.3 Å². The summed E-state index contributed by atoms with van der Waals surface area (Å²) in [7, 11) is 2.09. The van der Waals surface area contributed by atoms with Crippen LogP contribution in [0.4, 0.5) is 4.39 Å². The van der Waals surface area contributed by atoms with Gasteiger partial charge in [-0.3, -0.25) is 4.90 Å². The lowest BCUT2D eigenvalue weighted by atomic mass is 9.80. The number of likely N-dealkylation sites (N-methyl/N-ethyl adjacent to an activating group) is 1. The van der Waals surface area contributed by atoms with Crippen molar-refractivity contribution in [3.8, 4) is 0 Å². The molecule has 0 spiro atoms. The number of nitrogens with two attached hydrogens (primary N) is 1. The molecular weight excluding hydrogens is 255 g/mol. The highest BCUT2D eigenvalue weighted by Crippen LogP contribution is 2.35. The van der Waals surface area contributed by atoms with Crippen molar-refractivity contribution in [3.63, 3.8) is 0 Å². The van der Waals surface area contributed by atoms with E-state index < -0.39 is 0 Å². The number of nitrogens with zero attached hydrogens (tertiary/aromatic N) is 1. The fourth-order valence-corrected chi connectivity index (χ4v) is 3.14. The Hall–Kier alpha value is -0.970. The van der Waals surface area contributed by atoms with E-state index >= 15 is 0 Å². The van der Waals surface area contributed by atoms with Crippen molar-refractivity contribution < 1.29 is 9.13 Å². The standard InChI is InChI=1S/C16H25FN2O/c1-15(2)11-16(12-18,8-9-20-15)19(3)10-13-4-6-14(17)7-5-13/h4-7H,8-12,18H2,1-3H3. The van der Waals surface area contributed by atoms with Crippen molar-refractivity contribution in [1.29, 1.82) is 0 Å². The zero-order valence-corrected chi connectivity index (χ0v) is 12.7. The van der Waals surface area contributed by atoms with Gasteiger partial charge in [-0.2, -0.15) is 0 Å². The molecule has 1 aromatic rings. The summed E-state index contributed by atoms with van der Waals surface area (Å²) in [6.45, 7) is 6.34. The predicted molar refractivity (Wildman–Crippen MR) is 78.9 cm³/mol. The number of halogens is 1. The average Bonchev–Trinajstić information content (AvgIpc) is 2.40. The summed E-state index contributed by atoms with van der Waals surface area (Å²) in [6, 6.07) is 6.68. The van der Waals surface area contributed by atoms with Gasteiger partial charge in [0, 0.05) is 25.2 Å². The Bertz CT molecular complexity index is 446. The van der Waals surface area contributed by atoms with Crippen LogP contribution in [0.15, 0.2) is 24.3 Å². The highest BCUT2D eigenvalue weighted by molar-refractivity contribution is 5.16. The molecule has 0 aliphatic carbocycles. The van der Waals surface area contributed by atoms with Crippen LogP contribution in [0.3, 0.4) is 0 Å². The van der Waals surface area contributed by atoms with E-state index in [0.717, 1.165) is 31.6 Å². The third-order valence-electron chi connectivity index (χ3n) is 4.34. The minimum absolute atomic E-state index is 0.0455. The van der Waals surface area contributed by atoms with Crippen molar-refractivity contribution in [2.24, 2.45) is 5.73 Å². The van der Waals surface area contributed by atoms with Crippen LogP contribution in [-0.4, -0.2) is 36.2 Å². The molecule has 0 radical (unpaired) electrons. The van der Waals surface area contributed by atoms with Crippen LogP contribution in [0.25, 0.3) is 0 Å². The minimum Gasteiger partial charge on any atom is -0.375 e. The monoisotopic (exact) mass is 280 g/mol. The van der Waals surface area contributed by atoms with Gasteiger partial charge in [0.2, 0.25) is 0 Å². The smallest absolute Gasteiger partial charge is 0.123 e. The van der Waals surface area contributed by atoms with Crippen LogP contribution in [0.1, 0.15) is 32.3 Å². The second-order valence-corrected chi connectivity index (χ2v) is 6.45. The predicted octanol–water partition coefficient (Wildman–Crippen LogP) is 2.54. The van der Waals surface area contributed by atoms with Gasteiger partial charge in [-0.05, 0) is 51.4 Å². The van der Waals surface area contributed by atoms with Gasteiger partial charge < -0.3 is 10.5 Å². The summed E-state index contributed by atoms with van der Waals surface area (Å²) in [5.41, 5.74) is 6.99. The molecule has 2 N–H and O–H groups in total. The number of ether oxygens (including phenoxy) is 1. The average molecular weight is 280 g/mol. The van der Waals surface area contributed by atoms with Crippen LogP contribution < -0.4 is 5.73 Å². The summed E-state index contributed by atoms with van der Waals surface area (Å²) < 4.78 is 18.8. The molecule has 0 bridgehead atoms. The third-order valence-corrected chi connectivity index (χ3v) is 4.34. The van der Waals surface area contributed by atoms with Gasteiger partial charge in [0.1, 0.15) is 5.82 Å². The molecule has 4 heteroatoms. The zero-order chi connectivity index (χ0) is 14.8. The molecule has 1 saturated heterocycles. The maximum absolute atomic E-state index is 13.0. The molecule has 1 aliphatic rings. The Morgan fingerprint density at radius 2 is 1.95 bits per heavy atom. The summed E-state index contributed by atoms with van der Waals surface area (Å²) in [5, 5.41) is 0. The van der Waals surface area contributed by atoms with Crippen molar-refractivity contribution in [2.45, 2.75) is 44.4 Å². The van der Waals surface area contributed by atoms with E-state index in [9.17, 15) is 4.39 Å². The molecule has 2 rings (SSSR count). The molecule has 1 atom stereocenters. The van der Waals surface area contributed by atoms with Crippen molar-refractivity contribution in [3.05, 3.63) is 35.6 Å². The molecule has 1 unspecified atom stereocenters. The summed E-state index contributed by atoms with van der Waals surface area (Å²) in [4.78, 5) is 2.30. The number of hydrogen-bond acceptors (Lipinski definition) is 3. The summed E-state index contributed by atoms with van der Waals surface area (Å²) in [5.74, 6) is -0.197. The summed E-state index contributed by atoms with van der Waals surface area (Å²) >= 11 is 0. The van der Waals surface area contributed by atoms with E-state index in [-0.39, 0.29) is 17.0 Å². The SMILES string of the molecule is CN(Cc1ccc(F)cc1)C1(CN)CCOC(C)(C)C1. The van der Waals surface area contributed by atoms with E-state index in [1.165, 1.54) is 12.1 Å². The van der Waals surface area contributed by atoms with Crippen LogP contribution in [0.2, 0.25) is 0 Å². The van der Waals surface area contributed by atoms with Gasteiger partial charge in [-0.25, -0.2) is 4.39 Å². The van der Waals surface area contributed by atoms with Gasteiger partial charge in [0.25, 0.3) is 0 Å². The van der Waals surface area contributed by atoms with E-state index in [1.54, 1.807) is 0 Å². The molecule has 112 valence electrons. The van der Waals surface area contributed by atoms with Crippen LogP contribution in [0.5, 0.6) is 0 Å². The molecular formula is C16H25FN2O. The Labute approximate surface area is 120 Å². The third kappa shape index (κ3) is 3.37. The first-order valence-corrected chi connectivity index (χ1v) is 7.17. The van der Waals surface area contributed by atoms with E-state index in [2.05, 4.69) is 25.8 Å². The molecule has 0 saturated carbocycles. The van der Waals surface area contributed by atoms with Crippen molar-refractivity contribution in [1.82, 2.24) is 4.90 Å². The maximum Gasteiger partial charge on any atom is 0.123 e. The first-order valence-electron chi connectivity index (χ1n) is 7.17. The minimum atomic E-state index is -0.197. The molecule has 20 heavy (non-hydrogen) atoms. The first kappa shape index (κ1) is 15.4. The molecule has 1 aromatic carbocycles. The lowest BCUT2D eigenvalue weighted by Gasteiger charge is -2.49. The van der Waals surface area contributed by atoms with E-state index in [1.807, 2.05) is 12.1 Å². The lowest BCUT2D eigenvalue weighted by Crippen LogP contribution is -2.59. The Morgan fingerprint density at radius 3 is 2.50 bits per heavy atom. The van der Waals surface area contributed by atoms with Gasteiger partial charge >= 0.3 is 0 Å². The number of rotatable bonds is 4. The second kappa shape index (κ2) is 5.80. The van der Waals surface area contributed by atoms with Crippen molar-refractivity contribution in [2.75, 3.05) is 20.2 Å². The normalized spacial score (nSPS) is 25.9. The van der Waals surface area contributed by atoms with Crippen LogP contribution in [0, 0.1) is 5.82 Å². The van der Waals surface area contributed by atoms with E-state index in [4.69, 9.17) is 10.5 Å². The largest absolute Gasteiger partial charge is 0.375 e. The first-order chi connectivity index (χ1) is 9.37. The van der Waals surface area contributed by atoms with Gasteiger partial charge in [-0.15, -0.1) is 0 Å². The molecule has 1 fully saturated rings. The van der Waals surface area contributed by atoms with E-state index in [0.29, 0.717) is 6.54 Å². The van der Waals surface area contributed by atoms with Gasteiger partial charge in [-0.1, -0.05) is 12.1 Å². The van der Waals surface area contributed by atoms with Gasteiger partial charge in [0.15, 0.2) is 0 Å². The lowest BCUT2D eigenvalue weighted by molar-refractivity contribution is -0.115. The second-order valence-electron chi connectivity index (χ2n) is 6.45. The quantitative estimate of drug-likeness (QED) is 0.921. The van der Waals surface area contributed by atoms with Gasteiger partial charge in [0.05, 0.1) is 5.60 Å². The fraction of sp³-hybridized carbons (Fsp3) is 0.625. The molecule has 3 nitrogen and oxygen atoms in total.